The molecule has 7 nitrogen and oxygen atoms in total. The summed E-state index contributed by atoms with van der Waals surface area (Å²) >= 11 is 0. The molecule has 0 saturated carbocycles. The molecule has 0 aliphatic heterocycles. The quantitative estimate of drug-likeness (QED) is 0.633. The minimum atomic E-state index is -0.880. The molecular formula is C16H16O7. The van der Waals surface area contributed by atoms with E-state index in [4.69, 9.17) is 14.2 Å². The summed E-state index contributed by atoms with van der Waals surface area (Å²) in [5, 5.41) is 1.09. The zero-order chi connectivity index (χ0) is 17.0. The summed E-state index contributed by atoms with van der Waals surface area (Å²) in [4.78, 5) is 23.0. The average Bonchev–Trinajstić information content (AvgIpc) is 2.58. The van der Waals surface area contributed by atoms with Gasteiger partial charge in [0.25, 0.3) is 0 Å². The molecule has 0 saturated heterocycles. The van der Waals surface area contributed by atoms with Gasteiger partial charge in [-0.3, -0.25) is 0 Å². The Morgan fingerprint density at radius 1 is 0.783 bits per heavy atom. The van der Waals surface area contributed by atoms with Gasteiger partial charge >= 0.3 is 12.3 Å². The lowest BCUT2D eigenvalue weighted by Crippen LogP contribution is -2.12. The minimum absolute atomic E-state index is 0.185. The number of fused-ring (bicyclic) bond motifs is 1. The van der Waals surface area contributed by atoms with Gasteiger partial charge in [0.2, 0.25) is 0 Å². The van der Waals surface area contributed by atoms with E-state index in [0.717, 1.165) is 0 Å². The van der Waals surface area contributed by atoms with Gasteiger partial charge in [0, 0.05) is 16.3 Å². The van der Waals surface area contributed by atoms with Crippen molar-refractivity contribution < 1.29 is 33.3 Å². The first-order chi connectivity index (χ1) is 11.0. The van der Waals surface area contributed by atoms with Crippen LogP contribution >= 0.6 is 0 Å². The molecule has 23 heavy (non-hydrogen) atoms. The molecule has 0 N–H and O–H groups in total. The van der Waals surface area contributed by atoms with Crippen LogP contribution in [-0.4, -0.2) is 33.6 Å². The molecule has 0 aromatic heterocycles. The number of carbonyl (C=O) groups excluding carboxylic acids is 2. The van der Waals surface area contributed by atoms with Crippen LogP contribution in [0.4, 0.5) is 9.59 Å². The minimum Gasteiger partial charge on any atom is -0.492 e. The first kappa shape index (κ1) is 16.4. The fourth-order valence-electron chi connectivity index (χ4n) is 2.21. The van der Waals surface area contributed by atoms with E-state index in [-0.39, 0.29) is 17.2 Å². The first-order valence-electron chi connectivity index (χ1n) is 6.64. The standard InChI is InChI=1S/C16H16O7/c1-9-12(22-15(17)20-3)10-7-5-6-8-11(10)14(13(9)19-2)23-16(18)21-4/h5-8H,1-4H3. The van der Waals surface area contributed by atoms with E-state index in [0.29, 0.717) is 16.3 Å². The van der Waals surface area contributed by atoms with Crippen LogP contribution in [0.5, 0.6) is 17.2 Å². The number of hydrogen-bond acceptors (Lipinski definition) is 7. The largest absolute Gasteiger partial charge is 0.513 e. The van der Waals surface area contributed by atoms with E-state index in [1.807, 2.05) is 0 Å². The maximum absolute atomic E-state index is 11.5. The third kappa shape index (κ3) is 3.13. The van der Waals surface area contributed by atoms with Crippen LogP contribution in [0.1, 0.15) is 5.56 Å². The van der Waals surface area contributed by atoms with Crippen molar-refractivity contribution in [3.05, 3.63) is 29.8 Å². The molecule has 0 heterocycles. The van der Waals surface area contributed by atoms with Crippen LogP contribution in [0.2, 0.25) is 0 Å². The van der Waals surface area contributed by atoms with E-state index in [1.54, 1.807) is 31.2 Å². The Hall–Kier alpha value is -2.96. The maximum Gasteiger partial charge on any atom is 0.513 e. The van der Waals surface area contributed by atoms with Crippen molar-refractivity contribution in [1.82, 2.24) is 0 Å². The Bertz CT molecular complexity index is 752. The Labute approximate surface area is 132 Å². The highest BCUT2D eigenvalue weighted by Crippen LogP contribution is 2.45. The van der Waals surface area contributed by atoms with E-state index < -0.39 is 12.3 Å². The smallest absolute Gasteiger partial charge is 0.492 e. The number of methoxy groups -OCH3 is 3. The fourth-order valence-corrected chi connectivity index (χ4v) is 2.21. The van der Waals surface area contributed by atoms with Crippen LogP contribution < -0.4 is 14.2 Å². The SMILES string of the molecule is COC(=O)Oc1c(C)c(OC)c(OC(=O)OC)c2ccccc12. The third-order valence-electron chi connectivity index (χ3n) is 3.21. The molecule has 0 spiro atoms. The summed E-state index contributed by atoms with van der Waals surface area (Å²) in [6.07, 6.45) is -1.74. The van der Waals surface area contributed by atoms with Gasteiger partial charge in [0.15, 0.2) is 11.5 Å². The van der Waals surface area contributed by atoms with Crippen molar-refractivity contribution >= 4 is 23.1 Å². The summed E-state index contributed by atoms with van der Waals surface area (Å²) in [5.41, 5.74) is 0.482. The summed E-state index contributed by atoms with van der Waals surface area (Å²) in [6, 6.07) is 6.95. The molecule has 0 aliphatic carbocycles. The van der Waals surface area contributed by atoms with Gasteiger partial charge in [-0.25, -0.2) is 9.59 Å². The van der Waals surface area contributed by atoms with Crippen LogP contribution in [0, 0.1) is 6.92 Å². The first-order valence-corrected chi connectivity index (χ1v) is 6.64. The second-order valence-corrected chi connectivity index (χ2v) is 4.47. The fraction of sp³-hybridized carbons (Fsp3) is 0.250. The Kier molecular flexibility index (Phi) is 4.90. The van der Waals surface area contributed by atoms with Gasteiger partial charge in [0.1, 0.15) is 5.75 Å². The molecule has 0 radical (unpaired) electrons. The molecule has 122 valence electrons. The molecule has 0 atom stereocenters. The molecule has 0 aliphatic rings. The zero-order valence-electron chi connectivity index (χ0n) is 13.2. The lowest BCUT2D eigenvalue weighted by atomic mass is 10.0. The molecular weight excluding hydrogens is 304 g/mol. The molecule has 0 amide bonds. The van der Waals surface area contributed by atoms with E-state index >= 15 is 0 Å². The number of ether oxygens (including phenoxy) is 5. The highest BCUT2D eigenvalue weighted by Gasteiger charge is 2.23. The van der Waals surface area contributed by atoms with Crippen molar-refractivity contribution in [2.45, 2.75) is 6.92 Å². The molecule has 2 aromatic rings. The average molecular weight is 320 g/mol. The molecule has 0 unspecified atom stereocenters. The summed E-state index contributed by atoms with van der Waals surface area (Å²) in [6.45, 7) is 1.67. The highest BCUT2D eigenvalue weighted by molar-refractivity contribution is 5.99. The predicted molar refractivity (Wildman–Crippen MR) is 81.3 cm³/mol. The summed E-state index contributed by atoms with van der Waals surface area (Å²) in [7, 11) is 3.84. The van der Waals surface area contributed by atoms with Crippen LogP contribution in [-0.2, 0) is 9.47 Å². The summed E-state index contributed by atoms with van der Waals surface area (Å²) < 4.78 is 24.8. The monoisotopic (exact) mass is 320 g/mol. The third-order valence-corrected chi connectivity index (χ3v) is 3.21. The van der Waals surface area contributed by atoms with Gasteiger partial charge in [-0.1, -0.05) is 24.3 Å². The van der Waals surface area contributed by atoms with Gasteiger partial charge in [-0.15, -0.1) is 0 Å². The molecule has 2 aromatic carbocycles. The number of rotatable bonds is 3. The van der Waals surface area contributed by atoms with E-state index in [2.05, 4.69) is 9.47 Å². The van der Waals surface area contributed by atoms with Crippen molar-refractivity contribution in [3.63, 3.8) is 0 Å². The van der Waals surface area contributed by atoms with Crippen LogP contribution in [0.25, 0.3) is 10.8 Å². The molecule has 0 fully saturated rings. The number of benzene rings is 2. The number of carbonyl (C=O) groups is 2. The van der Waals surface area contributed by atoms with Gasteiger partial charge in [-0.2, -0.15) is 0 Å². The van der Waals surface area contributed by atoms with Crippen LogP contribution in [0.3, 0.4) is 0 Å². The van der Waals surface area contributed by atoms with Crippen molar-refractivity contribution in [3.8, 4) is 17.2 Å². The normalized spacial score (nSPS) is 10.1. The van der Waals surface area contributed by atoms with Crippen molar-refractivity contribution in [2.75, 3.05) is 21.3 Å². The van der Waals surface area contributed by atoms with Gasteiger partial charge in [0.05, 0.1) is 21.3 Å². The predicted octanol–water partition coefficient (Wildman–Crippen LogP) is 3.45. The Morgan fingerprint density at radius 2 is 1.26 bits per heavy atom. The van der Waals surface area contributed by atoms with Gasteiger partial charge < -0.3 is 23.7 Å². The van der Waals surface area contributed by atoms with Crippen molar-refractivity contribution in [1.29, 1.82) is 0 Å². The lowest BCUT2D eigenvalue weighted by Gasteiger charge is -2.17. The second kappa shape index (κ2) is 6.87. The topological polar surface area (TPSA) is 80.3 Å². The van der Waals surface area contributed by atoms with E-state index in [1.165, 1.54) is 21.3 Å². The molecule has 2 rings (SSSR count). The van der Waals surface area contributed by atoms with Crippen LogP contribution in [0.15, 0.2) is 24.3 Å². The molecule has 0 bridgehead atoms. The summed E-state index contributed by atoms with van der Waals surface area (Å²) in [5.74, 6) is 0.708. The lowest BCUT2D eigenvalue weighted by molar-refractivity contribution is 0.118. The Balaban J connectivity index is 2.74. The number of hydrogen-bond donors (Lipinski definition) is 0. The van der Waals surface area contributed by atoms with Crippen molar-refractivity contribution in [2.24, 2.45) is 0 Å². The zero-order valence-corrected chi connectivity index (χ0v) is 13.2. The second-order valence-electron chi connectivity index (χ2n) is 4.47. The molecule has 7 heteroatoms. The maximum atomic E-state index is 11.5. The van der Waals surface area contributed by atoms with E-state index in [9.17, 15) is 9.59 Å². The highest BCUT2D eigenvalue weighted by atomic mass is 16.7. The Morgan fingerprint density at radius 3 is 1.74 bits per heavy atom. The van der Waals surface area contributed by atoms with Gasteiger partial charge in [-0.05, 0) is 6.92 Å².